The molecule has 1 N–H and O–H groups in total. The van der Waals surface area contributed by atoms with E-state index < -0.39 is 10.0 Å². The first-order valence-electron chi connectivity index (χ1n) is 12.1. The number of nitrogens with one attached hydrogen (secondary N) is 1. The van der Waals surface area contributed by atoms with Crippen molar-refractivity contribution in [2.75, 3.05) is 61.7 Å². The van der Waals surface area contributed by atoms with Gasteiger partial charge in [0.1, 0.15) is 6.04 Å². The van der Waals surface area contributed by atoms with Gasteiger partial charge < -0.3 is 24.6 Å². The molecule has 5 rings (SSSR count). The predicted octanol–water partition coefficient (Wildman–Crippen LogP) is 2.80. The molecular weight excluding hydrogens is 468 g/mol. The van der Waals surface area contributed by atoms with Gasteiger partial charge in [0.2, 0.25) is 15.9 Å². The molecule has 0 aromatic heterocycles. The van der Waals surface area contributed by atoms with Gasteiger partial charge in [-0.05, 0) is 62.2 Å². The lowest BCUT2D eigenvalue weighted by Gasteiger charge is -2.45. The molecule has 1 atom stereocenters. The molecule has 2 saturated heterocycles. The van der Waals surface area contributed by atoms with E-state index in [0.717, 1.165) is 35.6 Å². The normalized spacial score (nSPS) is 22.2. The fourth-order valence-corrected chi connectivity index (χ4v) is 6.52. The number of rotatable bonds is 5. The van der Waals surface area contributed by atoms with Crippen LogP contribution in [0.1, 0.15) is 19.8 Å². The minimum absolute atomic E-state index is 0.0850. The van der Waals surface area contributed by atoms with Crippen molar-refractivity contribution in [3.8, 4) is 0 Å². The first-order valence-corrected chi connectivity index (χ1v) is 13.5. The maximum atomic E-state index is 12.9. The van der Waals surface area contributed by atoms with E-state index in [1.807, 2.05) is 26.1 Å². The molecule has 2 fully saturated rings. The number of likely N-dealkylation sites (N-methyl/N-ethyl adjacent to an activating group) is 1. The van der Waals surface area contributed by atoms with Crippen LogP contribution >= 0.6 is 0 Å². The lowest BCUT2D eigenvalue weighted by Crippen LogP contribution is -2.55. The first-order chi connectivity index (χ1) is 16.9. The van der Waals surface area contributed by atoms with Crippen molar-refractivity contribution >= 4 is 38.7 Å². The Kier molecular flexibility index (Phi) is 6.71. The average molecular weight is 501 g/mol. The van der Waals surface area contributed by atoms with E-state index >= 15 is 0 Å². The van der Waals surface area contributed by atoms with Crippen molar-refractivity contribution in [3.05, 3.63) is 42.5 Å². The van der Waals surface area contributed by atoms with Crippen LogP contribution < -0.4 is 15.1 Å². The van der Waals surface area contributed by atoms with Crippen molar-refractivity contribution in [2.45, 2.75) is 36.7 Å². The van der Waals surface area contributed by atoms with Gasteiger partial charge in [-0.15, -0.1) is 0 Å². The number of fused-ring (bicyclic) bond motifs is 1. The Morgan fingerprint density at radius 3 is 2.20 bits per heavy atom. The summed E-state index contributed by atoms with van der Waals surface area (Å²) in [7, 11) is -1.71. The van der Waals surface area contributed by atoms with Crippen molar-refractivity contribution in [1.29, 1.82) is 0 Å². The molecular formula is C25H32N4O5S. The van der Waals surface area contributed by atoms with E-state index in [9.17, 15) is 13.2 Å². The molecule has 0 aliphatic carbocycles. The van der Waals surface area contributed by atoms with Crippen molar-refractivity contribution in [1.82, 2.24) is 4.31 Å². The van der Waals surface area contributed by atoms with Crippen LogP contribution in [0.25, 0.3) is 0 Å². The molecule has 9 nitrogen and oxygen atoms in total. The minimum Gasteiger partial charge on any atom is -0.381 e. The van der Waals surface area contributed by atoms with E-state index in [1.165, 1.54) is 4.31 Å². The van der Waals surface area contributed by atoms with Crippen LogP contribution in [0.5, 0.6) is 0 Å². The number of nitrogens with zero attached hydrogens (tertiary/aromatic N) is 3. The average Bonchev–Trinajstić information content (AvgIpc) is 2.89. The second kappa shape index (κ2) is 9.77. The number of benzene rings is 2. The number of anilines is 4. The molecule has 0 spiro atoms. The topological polar surface area (TPSA) is 91.4 Å². The third kappa shape index (κ3) is 4.63. The predicted molar refractivity (Wildman–Crippen MR) is 135 cm³/mol. The highest BCUT2D eigenvalue weighted by Crippen LogP contribution is 2.40. The molecule has 0 saturated carbocycles. The van der Waals surface area contributed by atoms with Crippen LogP contribution in [0, 0.1) is 0 Å². The Morgan fingerprint density at radius 2 is 1.51 bits per heavy atom. The van der Waals surface area contributed by atoms with Gasteiger partial charge in [-0.25, -0.2) is 8.42 Å². The van der Waals surface area contributed by atoms with Gasteiger partial charge in [0.15, 0.2) is 0 Å². The number of hydrogen-bond acceptors (Lipinski definition) is 7. The molecule has 0 radical (unpaired) electrons. The number of carbonyl (C=O) groups excluding carboxylic acids is 1. The molecule has 2 aromatic rings. The van der Waals surface area contributed by atoms with Gasteiger partial charge in [-0.2, -0.15) is 4.31 Å². The van der Waals surface area contributed by atoms with Gasteiger partial charge in [-0.1, -0.05) is 0 Å². The molecule has 10 heteroatoms. The van der Waals surface area contributed by atoms with Crippen molar-refractivity contribution in [2.24, 2.45) is 0 Å². The van der Waals surface area contributed by atoms with Crippen molar-refractivity contribution in [3.63, 3.8) is 0 Å². The maximum absolute atomic E-state index is 12.9. The van der Waals surface area contributed by atoms with Crippen LogP contribution in [0.2, 0.25) is 0 Å². The molecule has 0 bridgehead atoms. The van der Waals surface area contributed by atoms with Gasteiger partial charge in [0.05, 0.1) is 29.5 Å². The molecule has 3 aliphatic heterocycles. The molecule has 2 aromatic carbocycles. The van der Waals surface area contributed by atoms with Crippen LogP contribution in [0.15, 0.2) is 47.4 Å². The molecule has 1 unspecified atom stereocenters. The van der Waals surface area contributed by atoms with Crippen LogP contribution in [0.3, 0.4) is 0 Å². The summed E-state index contributed by atoms with van der Waals surface area (Å²) < 4.78 is 38.1. The SMILES string of the molecule is CC1C(=O)N(C)c2ccc(Nc3ccc(S(=O)(=O)N4CCOCC4)cc3)cc2N1C1CCOCC1. The summed E-state index contributed by atoms with van der Waals surface area (Å²) in [5, 5.41) is 3.39. The molecule has 188 valence electrons. The number of ether oxygens (including phenoxy) is 2. The third-order valence-electron chi connectivity index (χ3n) is 7.06. The highest BCUT2D eigenvalue weighted by molar-refractivity contribution is 7.89. The Morgan fingerprint density at radius 1 is 0.886 bits per heavy atom. The Labute approximate surface area is 206 Å². The minimum atomic E-state index is -3.53. The number of morpholine rings is 1. The van der Waals surface area contributed by atoms with E-state index in [-0.39, 0.29) is 22.9 Å². The zero-order chi connectivity index (χ0) is 24.6. The molecule has 3 heterocycles. The lowest BCUT2D eigenvalue weighted by atomic mass is 9.99. The van der Waals surface area contributed by atoms with Crippen LogP contribution in [-0.4, -0.2) is 77.3 Å². The summed E-state index contributed by atoms with van der Waals surface area (Å²) >= 11 is 0. The fourth-order valence-electron chi connectivity index (χ4n) is 5.11. The first kappa shape index (κ1) is 24.1. The Bertz CT molecular complexity index is 1170. The van der Waals surface area contributed by atoms with E-state index in [2.05, 4.69) is 16.3 Å². The summed E-state index contributed by atoms with van der Waals surface area (Å²) in [6.45, 7) is 4.94. The number of amides is 1. The summed E-state index contributed by atoms with van der Waals surface area (Å²) in [5.74, 6) is 0.0850. The largest absolute Gasteiger partial charge is 0.381 e. The Balaban J connectivity index is 1.39. The number of sulfonamides is 1. The smallest absolute Gasteiger partial charge is 0.249 e. The van der Waals surface area contributed by atoms with E-state index in [0.29, 0.717) is 39.5 Å². The zero-order valence-electron chi connectivity index (χ0n) is 20.1. The highest BCUT2D eigenvalue weighted by Gasteiger charge is 2.38. The third-order valence-corrected chi connectivity index (χ3v) is 8.97. The van der Waals surface area contributed by atoms with Gasteiger partial charge in [-0.3, -0.25) is 4.79 Å². The van der Waals surface area contributed by atoms with Gasteiger partial charge >= 0.3 is 0 Å². The van der Waals surface area contributed by atoms with Crippen molar-refractivity contribution < 1.29 is 22.7 Å². The van der Waals surface area contributed by atoms with E-state index in [4.69, 9.17) is 9.47 Å². The van der Waals surface area contributed by atoms with Gasteiger partial charge in [0, 0.05) is 50.8 Å². The molecule has 35 heavy (non-hydrogen) atoms. The second-order valence-corrected chi connectivity index (χ2v) is 11.1. The van der Waals surface area contributed by atoms with Gasteiger partial charge in [0.25, 0.3) is 0 Å². The quantitative estimate of drug-likeness (QED) is 0.675. The summed E-state index contributed by atoms with van der Waals surface area (Å²) in [4.78, 5) is 17.2. The number of carbonyl (C=O) groups is 1. The summed E-state index contributed by atoms with van der Waals surface area (Å²) in [6.07, 6.45) is 1.77. The standard InChI is InChI=1S/C25H32N4O5S/c1-18-25(30)27(2)23-8-5-20(17-24(23)29(18)21-9-13-33-14-10-21)26-19-3-6-22(7-4-19)35(31,32)28-11-15-34-16-12-28/h3-8,17-18,21,26H,9-16H2,1-2H3. The fraction of sp³-hybridized carbons (Fsp3) is 0.480. The van der Waals surface area contributed by atoms with Crippen LogP contribution in [-0.2, 0) is 24.3 Å². The molecule has 3 aliphatic rings. The maximum Gasteiger partial charge on any atom is 0.249 e. The van der Waals surface area contributed by atoms with Crippen LogP contribution in [0.4, 0.5) is 22.7 Å². The van der Waals surface area contributed by atoms with E-state index in [1.54, 1.807) is 29.2 Å². The lowest BCUT2D eigenvalue weighted by molar-refractivity contribution is -0.119. The Hall–Kier alpha value is -2.66. The summed E-state index contributed by atoms with van der Waals surface area (Å²) in [5.41, 5.74) is 3.57. The monoisotopic (exact) mass is 500 g/mol. The second-order valence-electron chi connectivity index (χ2n) is 9.19. The summed E-state index contributed by atoms with van der Waals surface area (Å²) in [6, 6.07) is 12.8. The molecule has 1 amide bonds. The zero-order valence-corrected chi connectivity index (χ0v) is 21.0. The highest BCUT2D eigenvalue weighted by atomic mass is 32.2. The number of hydrogen-bond donors (Lipinski definition) is 1.